The largest absolute Gasteiger partial charge is 0.492 e. The molecule has 1 saturated carbocycles. The van der Waals surface area contributed by atoms with Crippen LogP contribution in [0.3, 0.4) is 0 Å². The lowest BCUT2D eigenvalue weighted by Crippen LogP contribution is -2.22. The first-order valence-electron chi connectivity index (χ1n) is 7.36. The van der Waals surface area contributed by atoms with Crippen LogP contribution < -0.4 is 4.74 Å². The third-order valence-corrected chi connectivity index (χ3v) is 5.89. The smallest absolute Gasteiger partial charge is 0.242 e. The fourth-order valence-electron chi connectivity index (χ4n) is 2.35. The van der Waals surface area contributed by atoms with E-state index in [1.807, 2.05) is 0 Å². The van der Waals surface area contributed by atoms with Crippen LogP contribution in [0, 0.1) is 5.92 Å². The predicted octanol–water partition coefficient (Wildman–Crippen LogP) is 1.41. The second-order valence-corrected chi connectivity index (χ2v) is 8.27. The highest BCUT2D eigenvalue weighted by Crippen LogP contribution is 2.33. The number of hydrogen-bond acceptors (Lipinski definition) is 4. The topological polar surface area (TPSA) is 49.6 Å². The van der Waals surface area contributed by atoms with Crippen molar-refractivity contribution in [2.24, 2.45) is 5.92 Å². The Hall–Kier alpha value is -1.11. The van der Waals surface area contributed by atoms with Crippen molar-refractivity contribution in [3.8, 4) is 5.75 Å². The van der Waals surface area contributed by atoms with E-state index in [1.54, 1.807) is 24.3 Å². The van der Waals surface area contributed by atoms with Crippen molar-refractivity contribution in [2.45, 2.75) is 23.8 Å². The number of hydrogen-bond donors (Lipinski definition) is 0. The highest BCUT2D eigenvalue weighted by Gasteiger charge is 2.38. The molecule has 1 aromatic carbocycles. The molecule has 1 aromatic rings. The summed E-state index contributed by atoms with van der Waals surface area (Å²) in [4.78, 5) is 2.74. The van der Waals surface area contributed by atoms with Gasteiger partial charge in [0.25, 0.3) is 0 Å². The van der Waals surface area contributed by atoms with E-state index in [4.69, 9.17) is 4.74 Å². The molecule has 2 aliphatic rings. The Morgan fingerprint density at radius 2 is 1.90 bits per heavy atom. The van der Waals surface area contributed by atoms with Gasteiger partial charge in [0, 0.05) is 27.2 Å². The van der Waals surface area contributed by atoms with Crippen molar-refractivity contribution < 1.29 is 13.2 Å². The minimum Gasteiger partial charge on any atom is -0.492 e. The molecule has 0 aromatic heterocycles. The molecule has 21 heavy (non-hydrogen) atoms. The first-order chi connectivity index (χ1) is 9.96. The Kier molecular flexibility index (Phi) is 3.94. The van der Waals surface area contributed by atoms with E-state index >= 15 is 0 Å². The first kappa shape index (κ1) is 14.8. The number of sulfonamides is 1. The van der Waals surface area contributed by atoms with Crippen LogP contribution >= 0.6 is 0 Å². The molecule has 0 amide bonds. The highest BCUT2D eigenvalue weighted by molar-refractivity contribution is 7.89. The Morgan fingerprint density at radius 1 is 1.24 bits per heavy atom. The van der Waals surface area contributed by atoms with E-state index in [9.17, 15) is 8.42 Å². The zero-order valence-corrected chi connectivity index (χ0v) is 13.3. The molecule has 1 aliphatic heterocycles. The van der Waals surface area contributed by atoms with E-state index in [-0.39, 0.29) is 0 Å². The van der Waals surface area contributed by atoms with Gasteiger partial charge in [-0.25, -0.2) is 12.7 Å². The summed E-state index contributed by atoms with van der Waals surface area (Å²) in [5.74, 6) is 1.65. The Morgan fingerprint density at radius 3 is 2.48 bits per heavy atom. The molecular weight excluding hydrogens is 288 g/mol. The minimum absolute atomic E-state index is 0.293. The van der Waals surface area contributed by atoms with Crippen molar-refractivity contribution in [3.63, 3.8) is 0 Å². The summed E-state index contributed by atoms with van der Waals surface area (Å²) in [5.41, 5.74) is 0. The molecule has 116 valence electrons. The van der Waals surface area contributed by atoms with Gasteiger partial charge < -0.3 is 4.74 Å². The Labute approximate surface area is 126 Å². The maximum atomic E-state index is 11.9. The molecular formula is C15H22N2O3S. The van der Waals surface area contributed by atoms with Crippen LogP contribution in [0.15, 0.2) is 29.2 Å². The normalized spacial score (nSPS) is 25.1. The average Bonchev–Trinajstić information content (AvgIpc) is 3.36. The summed E-state index contributed by atoms with van der Waals surface area (Å²) >= 11 is 0. The minimum atomic E-state index is -3.36. The zero-order valence-electron chi connectivity index (χ0n) is 12.5. The Bertz CT molecular complexity index is 594. The molecule has 2 atom stereocenters. The molecule has 3 rings (SSSR count). The summed E-state index contributed by atoms with van der Waals surface area (Å²) in [5, 5.41) is 0. The van der Waals surface area contributed by atoms with Gasteiger partial charge >= 0.3 is 0 Å². The maximum Gasteiger partial charge on any atom is 0.242 e. The molecule has 1 heterocycles. The van der Waals surface area contributed by atoms with E-state index in [0.29, 0.717) is 17.5 Å². The fraction of sp³-hybridized carbons (Fsp3) is 0.600. The van der Waals surface area contributed by atoms with Crippen LogP contribution in [0.4, 0.5) is 0 Å². The summed E-state index contributed by atoms with van der Waals surface area (Å²) in [6, 6.07) is 7.18. The molecule has 1 aliphatic carbocycles. The molecule has 0 bridgehead atoms. The fourth-order valence-corrected chi connectivity index (χ4v) is 3.25. The summed E-state index contributed by atoms with van der Waals surface area (Å²) in [7, 11) is -0.300. The van der Waals surface area contributed by atoms with Gasteiger partial charge in [-0.2, -0.15) is 0 Å². The summed E-state index contributed by atoms with van der Waals surface area (Å²) in [6.07, 6.45) is 2.76. The molecule has 0 radical (unpaired) electrons. The number of ether oxygens (including phenoxy) is 1. The zero-order chi connectivity index (χ0) is 15.0. The number of nitrogens with zero attached hydrogens (tertiary/aromatic N) is 2. The standard InChI is InChI=1S/C15H22N2O3S/c1-16(2)21(18,19)15-7-5-14(6-8-15)20-11-13-10-17(13)9-12-3-4-12/h5-8,12-13H,3-4,9-11H2,1-2H3. The lowest BCUT2D eigenvalue weighted by atomic mass is 10.3. The van der Waals surface area contributed by atoms with Gasteiger partial charge in [0.05, 0.1) is 10.9 Å². The molecule has 2 unspecified atom stereocenters. The van der Waals surface area contributed by atoms with E-state index in [0.717, 1.165) is 18.2 Å². The van der Waals surface area contributed by atoms with Crippen LogP contribution in [-0.2, 0) is 10.0 Å². The predicted molar refractivity (Wildman–Crippen MR) is 80.9 cm³/mol. The van der Waals surface area contributed by atoms with Gasteiger partial charge in [0.1, 0.15) is 12.4 Å². The van der Waals surface area contributed by atoms with E-state index < -0.39 is 10.0 Å². The van der Waals surface area contributed by atoms with Crippen molar-refractivity contribution >= 4 is 10.0 Å². The quantitative estimate of drug-likeness (QED) is 0.715. The molecule has 5 nitrogen and oxygen atoms in total. The van der Waals surface area contributed by atoms with Crippen molar-refractivity contribution in [2.75, 3.05) is 33.8 Å². The summed E-state index contributed by atoms with van der Waals surface area (Å²) < 4.78 is 30.9. The van der Waals surface area contributed by atoms with Crippen LogP contribution in [0.2, 0.25) is 0 Å². The van der Waals surface area contributed by atoms with Gasteiger partial charge in [-0.05, 0) is 43.0 Å². The van der Waals surface area contributed by atoms with Gasteiger partial charge in [-0.1, -0.05) is 0 Å². The van der Waals surface area contributed by atoms with Crippen molar-refractivity contribution in [1.29, 1.82) is 0 Å². The van der Waals surface area contributed by atoms with Gasteiger partial charge in [-0.3, -0.25) is 4.90 Å². The van der Waals surface area contributed by atoms with Crippen molar-refractivity contribution in [1.82, 2.24) is 9.21 Å². The van der Waals surface area contributed by atoms with Gasteiger partial charge in [0.15, 0.2) is 0 Å². The molecule has 0 spiro atoms. The summed E-state index contributed by atoms with van der Waals surface area (Å²) in [6.45, 7) is 3.03. The van der Waals surface area contributed by atoms with Gasteiger partial charge in [-0.15, -0.1) is 0 Å². The SMILES string of the molecule is CN(C)S(=O)(=O)c1ccc(OCC2CN2CC2CC2)cc1. The third-order valence-electron chi connectivity index (χ3n) is 4.06. The van der Waals surface area contributed by atoms with Gasteiger partial charge in [0.2, 0.25) is 10.0 Å². The first-order valence-corrected chi connectivity index (χ1v) is 8.80. The van der Waals surface area contributed by atoms with Crippen LogP contribution in [-0.4, -0.2) is 57.5 Å². The van der Waals surface area contributed by atoms with Crippen LogP contribution in [0.5, 0.6) is 5.75 Å². The average molecular weight is 310 g/mol. The lowest BCUT2D eigenvalue weighted by molar-refractivity contribution is 0.292. The monoisotopic (exact) mass is 310 g/mol. The van der Waals surface area contributed by atoms with Crippen LogP contribution in [0.25, 0.3) is 0 Å². The maximum absolute atomic E-state index is 11.9. The number of benzene rings is 1. The highest BCUT2D eigenvalue weighted by atomic mass is 32.2. The molecule has 6 heteroatoms. The third kappa shape index (κ3) is 3.56. The van der Waals surface area contributed by atoms with Crippen LogP contribution in [0.1, 0.15) is 12.8 Å². The lowest BCUT2D eigenvalue weighted by Gasteiger charge is -2.12. The molecule has 0 N–H and O–H groups in total. The molecule has 2 fully saturated rings. The van der Waals surface area contributed by atoms with Crippen molar-refractivity contribution in [3.05, 3.63) is 24.3 Å². The van der Waals surface area contributed by atoms with E-state index in [2.05, 4.69) is 4.90 Å². The second-order valence-electron chi connectivity index (χ2n) is 6.12. The Balaban J connectivity index is 1.51. The number of rotatable bonds is 7. The molecule has 1 saturated heterocycles. The second kappa shape index (κ2) is 5.59. The van der Waals surface area contributed by atoms with E-state index in [1.165, 1.54) is 37.8 Å².